The van der Waals surface area contributed by atoms with E-state index in [0.717, 1.165) is 17.0 Å². The number of aromatic nitrogens is 2. The number of rotatable bonds is 6. The molecule has 0 aliphatic heterocycles. The van der Waals surface area contributed by atoms with Crippen molar-refractivity contribution in [1.29, 1.82) is 0 Å². The van der Waals surface area contributed by atoms with Crippen LogP contribution in [0, 0.1) is 13.8 Å². The minimum Gasteiger partial charge on any atom is -0.419 e. The lowest BCUT2D eigenvalue weighted by Crippen LogP contribution is -2.13. The molecule has 0 fully saturated rings. The number of nitrogens with two attached hydrogens (primary N) is 1. The lowest BCUT2D eigenvalue weighted by Gasteiger charge is -2.12. The van der Waals surface area contributed by atoms with Gasteiger partial charge in [0, 0.05) is 23.8 Å². The van der Waals surface area contributed by atoms with Gasteiger partial charge in [0.1, 0.15) is 0 Å². The Morgan fingerprint density at radius 2 is 1.38 bits per heavy atom. The first kappa shape index (κ1) is 20.2. The molecule has 2 aromatic heterocycles. The smallest absolute Gasteiger partial charge is 0.345 e. The van der Waals surface area contributed by atoms with Crippen LogP contribution in [-0.4, -0.2) is 28.5 Å². The molecule has 0 aliphatic carbocycles. The van der Waals surface area contributed by atoms with Gasteiger partial charge < -0.3 is 15.2 Å². The highest BCUT2D eigenvalue weighted by atomic mass is 16.6. The van der Waals surface area contributed by atoms with E-state index in [-0.39, 0.29) is 11.5 Å². The highest BCUT2D eigenvalue weighted by molar-refractivity contribution is 5.93. The minimum absolute atomic E-state index is 0.129. The van der Waals surface area contributed by atoms with E-state index in [1.165, 1.54) is 12.4 Å². The second-order valence-corrected chi connectivity index (χ2v) is 6.48. The van der Waals surface area contributed by atoms with Crippen molar-refractivity contribution in [3.63, 3.8) is 0 Å². The second-order valence-electron chi connectivity index (χ2n) is 6.48. The van der Waals surface area contributed by atoms with Crippen LogP contribution in [0.4, 0.5) is 0 Å². The van der Waals surface area contributed by atoms with Crippen LogP contribution >= 0.6 is 0 Å². The summed E-state index contributed by atoms with van der Waals surface area (Å²) >= 11 is 0. The van der Waals surface area contributed by atoms with Crippen LogP contribution in [0.15, 0.2) is 54.9 Å². The third kappa shape index (κ3) is 5.24. The highest BCUT2D eigenvalue weighted by Gasteiger charge is 2.17. The predicted octanol–water partition coefficient (Wildman–Crippen LogP) is 3.03. The van der Waals surface area contributed by atoms with Crippen molar-refractivity contribution in [1.82, 2.24) is 9.97 Å². The van der Waals surface area contributed by atoms with Gasteiger partial charge in [-0.05, 0) is 68.8 Å². The van der Waals surface area contributed by atoms with Crippen molar-refractivity contribution in [3.05, 3.63) is 82.9 Å². The number of pyridine rings is 2. The van der Waals surface area contributed by atoms with Gasteiger partial charge in [-0.3, -0.25) is 9.97 Å². The van der Waals surface area contributed by atoms with Gasteiger partial charge in [0.2, 0.25) is 0 Å². The first-order chi connectivity index (χ1) is 14.0. The SMILES string of the molecule is Cc1ccc(C(=O)Oc2ccc(CCN)cc2OC(=O)c2ccc(C)nc2)cn1. The van der Waals surface area contributed by atoms with E-state index in [4.69, 9.17) is 15.2 Å². The first-order valence-corrected chi connectivity index (χ1v) is 9.09. The van der Waals surface area contributed by atoms with Gasteiger partial charge in [-0.1, -0.05) is 6.07 Å². The highest BCUT2D eigenvalue weighted by Crippen LogP contribution is 2.30. The predicted molar refractivity (Wildman–Crippen MR) is 107 cm³/mol. The van der Waals surface area contributed by atoms with Crippen LogP contribution in [0.5, 0.6) is 11.5 Å². The number of carbonyl (C=O) groups is 2. The Kier molecular flexibility index (Phi) is 6.31. The Hall–Kier alpha value is -3.58. The molecule has 0 bridgehead atoms. The van der Waals surface area contributed by atoms with Gasteiger partial charge in [0.15, 0.2) is 11.5 Å². The molecular weight excluding hydrogens is 370 g/mol. The Morgan fingerprint density at radius 3 is 1.86 bits per heavy atom. The van der Waals surface area contributed by atoms with Gasteiger partial charge in [0.05, 0.1) is 11.1 Å². The molecule has 1 aromatic carbocycles. The zero-order chi connectivity index (χ0) is 20.8. The Bertz CT molecular complexity index is 1020. The largest absolute Gasteiger partial charge is 0.419 e. The van der Waals surface area contributed by atoms with Crippen molar-refractivity contribution < 1.29 is 19.1 Å². The van der Waals surface area contributed by atoms with Crippen molar-refractivity contribution >= 4 is 11.9 Å². The van der Waals surface area contributed by atoms with Crippen LogP contribution in [0.25, 0.3) is 0 Å². The fourth-order valence-corrected chi connectivity index (χ4v) is 2.53. The number of carbonyl (C=O) groups excluding carboxylic acids is 2. The summed E-state index contributed by atoms with van der Waals surface area (Å²) < 4.78 is 11.0. The Balaban J connectivity index is 1.86. The monoisotopic (exact) mass is 391 g/mol. The summed E-state index contributed by atoms with van der Waals surface area (Å²) in [5, 5.41) is 0. The maximum atomic E-state index is 12.5. The topological polar surface area (TPSA) is 104 Å². The van der Waals surface area contributed by atoms with Gasteiger partial charge in [-0.2, -0.15) is 0 Å². The molecule has 0 atom stereocenters. The molecule has 29 heavy (non-hydrogen) atoms. The zero-order valence-corrected chi connectivity index (χ0v) is 16.2. The average Bonchev–Trinajstić information content (AvgIpc) is 2.71. The van der Waals surface area contributed by atoms with Gasteiger partial charge in [-0.25, -0.2) is 9.59 Å². The fraction of sp³-hybridized carbons (Fsp3) is 0.182. The number of benzene rings is 1. The molecule has 7 nitrogen and oxygen atoms in total. The zero-order valence-electron chi connectivity index (χ0n) is 16.2. The summed E-state index contributed by atoms with van der Waals surface area (Å²) in [5.74, 6) is -0.935. The van der Waals surface area contributed by atoms with Crippen LogP contribution in [0.1, 0.15) is 37.7 Å². The van der Waals surface area contributed by atoms with E-state index < -0.39 is 11.9 Å². The van der Waals surface area contributed by atoms with Crippen molar-refractivity contribution in [2.45, 2.75) is 20.3 Å². The lowest BCUT2D eigenvalue weighted by molar-refractivity contribution is 0.0681. The Labute approximate surface area is 168 Å². The third-order valence-electron chi connectivity index (χ3n) is 4.14. The molecule has 2 heterocycles. The normalized spacial score (nSPS) is 10.4. The molecule has 7 heteroatoms. The second kappa shape index (κ2) is 9.07. The molecule has 0 unspecified atom stereocenters. The maximum absolute atomic E-state index is 12.5. The molecular formula is C22H21N3O4. The van der Waals surface area contributed by atoms with Crippen LogP contribution in [0.2, 0.25) is 0 Å². The van der Waals surface area contributed by atoms with Crippen LogP contribution in [-0.2, 0) is 6.42 Å². The van der Waals surface area contributed by atoms with Crippen molar-refractivity contribution in [2.24, 2.45) is 5.73 Å². The average molecular weight is 391 g/mol. The van der Waals surface area contributed by atoms with E-state index in [0.29, 0.717) is 24.1 Å². The van der Waals surface area contributed by atoms with E-state index in [2.05, 4.69) is 9.97 Å². The molecule has 0 saturated carbocycles. The van der Waals surface area contributed by atoms with Gasteiger partial charge in [0.25, 0.3) is 0 Å². The summed E-state index contributed by atoms with van der Waals surface area (Å²) in [7, 11) is 0. The standard InChI is InChI=1S/C22H21N3O4/c1-14-3-6-17(12-24-14)21(26)28-19-8-5-16(9-10-23)11-20(19)29-22(27)18-7-4-15(2)25-13-18/h3-8,11-13H,9-10,23H2,1-2H3. The Morgan fingerprint density at radius 1 is 0.828 bits per heavy atom. The van der Waals surface area contributed by atoms with Gasteiger partial charge >= 0.3 is 11.9 Å². The van der Waals surface area contributed by atoms with Gasteiger partial charge in [-0.15, -0.1) is 0 Å². The summed E-state index contributed by atoms with van der Waals surface area (Å²) in [5.41, 5.74) is 8.63. The minimum atomic E-state index is -0.600. The molecule has 148 valence electrons. The third-order valence-corrected chi connectivity index (χ3v) is 4.14. The number of hydrogen-bond donors (Lipinski definition) is 1. The fourth-order valence-electron chi connectivity index (χ4n) is 2.53. The molecule has 0 aliphatic rings. The number of esters is 2. The molecule has 0 amide bonds. The molecule has 2 N–H and O–H groups in total. The number of hydrogen-bond acceptors (Lipinski definition) is 7. The van der Waals surface area contributed by atoms with Crippen molar-refractivity contribution in [3.8, 4) is 11.5 Å². The first-order valence-electron chi connectivity index (χ1n) is 9.09. The van der Waals surface area contributed by atoms with E-state index in [1.807, 2.05) is 13.8 Å². The molecule has 3 rings (SSSR count). The van der Waals surface area contributed by atoms with E-state index in [1.54, 1.807) is 42.5 Å². The molecule has 0 radical (unpaired) electrons. The molecule has 0 spiro atoms. The summed E-state index contributed by atoms with van der Waals surface area (Å²) in [4.78, 5) is 33.1. The maximum Gasteiger partial charge on any atom is 0.345 e. The molecule has 0 saturated heterocycles. The quantitative estimate of drug-likeness (QED) is 0.509. The van der Waals surface area contributed by atoms with Crippen molar-refractivity contribution in [2.75, 3.05) is 6.54 Å². The molecule has 3 aromatic rings. The van der Waals surface area contributed by atoms with E-state index >= 15 is 0 Å². The lowest BCUT2D eigenvalue weighted by atomic mass is 10.1. The summed E-state index contributed by atoms with van der Waals surface area (Å²) in [6.45, 7) is 4.08. The summed E-state index contributed by atoms with van der Waals surface area (Å²) in [6, 6.07) is 11.7. The van der Waals surface area contributed by atoms with Crippen LogP contribution < -0.4 is 15.2 Å². The summed E-state index contributed by atoms with van der Waals surface area (Å²) in [6.07, 6.45) is 3.46. The number of aryl methyl sites for hydroxylation is 2. The van der Waals surface area contributed by atoms with Crippen LogP contribution in [0.3, 0.4) is 0 Å². The number of ether oxygens (including phenoxy) is 2. The number of nitrogens with zero attached hydrogens (tertiary/aromatic N) is 2. The van der Waals surface area contributed by atoms with E-state index in [9.17, 15) is 9.59 Å².